The number of ether oxygens (including phenoxy) is 1. The highest BCUT2D eigenvalue weighted by Crippen LogP contribution is 2.41. The second kappa shape index (κ2) is 16.3. The molecule has 5 heterocycles. The van der Waals surface area contributed by atoms with Crippen LogP contribution in [-0.2, 0) is 22.7 Å². The van der Waals surface area contributed by atoms with Gasteiger partial charge in [-0.25, -0.2) is 14.4 Å². The largest absolute Gasteiger partial charge is 0.481 e. The average molecular weight is 736 g/mol. The molecule has 3 aromatic heterocycles. The second-order valence-corrected chi connectivity index (χ2v) is 13.6. The third-order valence-electron chi connectivity index (χ3n) is 9.62. The Balaban J connectivity index is 1.16. The highest BCUT2D eigenvalue weighted by molar-refractivity contribution is 6.39. The molecule has 3 N–H and O–H groups in total. The van der Waals surface area contributed by atoms with Crippen LogP contribution in [0.25, 0.3) is 22.5 Å². The Morgan fingerprint density at radius 1 is 0.980 bits per heavy atom. The number of carbonyl (C=O) groups excluding carboxylic acids is 2. The van der Waals surface area contributed by atoms with E-state index in [0.717, 1.165) is 24.8 Å². The van der Waals surface area contributed by atoms with Gasteiger partial charge in [-0.05, 0) is 43.5 Å². The SMILES string of the molecule is COc1nc(-c2ccnc(-c3cccc(Nc4nccc(CNC5CCN(C(C)=O)CC5)c4F)c3Cl)c2Cl)ccc1CNCC1CCC(=O)N1C. The van der Waals surface area contributed by atoms with E-state index in [1.165, 1.54) is 0 Å². The van der Waals surface area contributed by atoms with Gasteiger partial charge in [0.05, 0.1) is 34.2 Å². The number of carbonyl (C=O) groups is 2. The molecule has 2 aliphatic rings. The minimum absolute atomic E-state index is 0.0437. The van der Waals surface area contributed by atoms with Crippen molar-refractivity contribution in [3.8, 4) is 28.4 Å². The molecule has 14 heteroatoms. The monoisotopic (exact) mass is 734 g/mol. The van der Waals surface area contributed by atoms with E-state index in [1.807, 2.05) is 24.1 Å². The predicted molar refractivity (Wildman–Crippen MR) is 197 cm³/mol. The van der Waals surface area contributed by atoms with Crippen molar-refractivity contribution in [2.24, 2.45) is 0 Å². The number of halogens is 3. The number of piperidine rings is 1. The molecule has 6 rings (SSSR count). The van der Waals surface area contributed by atoms with Gasteiger partial charge in [0.25, 0.3) is 0 Å². The fraction of sp³-hybridized carbons (Fsp3) is 0.378. The first-order valence-electron chi connectivity index (χ1n) is 17.0. The maximum Gasteiger partial charge on any atom is 0.222 e. The first kappa shape index (κ1) is 36.4. The zero-order valence-electron chi connectivity index (χ0n) is 28.8. The highest BCUT2D eigenvalue weighted by Gasteiger charge is 2.27. The number of hydrogen-bond acceptors (Lipinski definition) is 9. The molecular formula is C37H41Cl2FN8O3. The summed E-state index contributed by atoms with van der Waals surface area (Å²) in [6.45, 7) is 4.48. The topological polar surface area (TPSA) is 125 Å². The van der Waals surface area contributed by atoms with Gasteiger partial charge in [-0.1, -0.05) is 41.4 Å². The van der Waals surface area contributed by atoms with Crippen LogP contribution in [0.4, 0.5) is 15.9 Å². The first-order valence-corrected chi connectivity index (χ1v) is 17.7. The van der Waals surface area contributed by atoms with Gasteiger partial charge in [-0.3, -0.25) is 14.6 Å². The number of likely N-dealkylation sites (N-methyl/N-ethyl adjacent to an activating group) is 1. The molecule has 0 saturated carbocycles. The van der Waals surface area contributed by atoms with E-state index in [-0.39, 0.29) is 29.7 Å². The lowest BCUT2D eigenvalue weighted by molar-refractivity contribution is -0.130. The van der Waals surface area contributed by atoms with Crippen molar-refractivity contribution in [3.63, 3.8) is 0 Å². The number of aromatic nitrogens is 3. The van der Waals surface area contributed by atoms with Crippen molar-refractivity contribution < 1.29 is 18.7 Å². The number of methoxy groups -OCH3 is 1. The van der Waals surface area contributed by atoms with Crippen molar-refractivity contribution >= 4 is 46.5 Å². The van der Waals surface area contributed by atoms with Gasteiger partial charge in [0.2, 0.25) is 17.7 Å². The number of hydrogen-bond donors (Lipinski definition) is 3. The summed E-state index contributed by atoms with van der Waals surface area (Å²) in [6.07, 6.45) is 6.24. The van der Waals surface area contributed by atoms with E-state index >= 15 is 4.39 Å². The van der Waals surface area contributed by atoms with Crippen molar-refractivity contribution in [1.29, 1.82) is 0 Å². The molecule has 0 radical (unpaired) electrons. The fourth-order valence-electron chi connectivity index (χ4n) is 6.54. The second-order valence-electron chi connectivity index (χ2n) is 12.8. The van der Waals surface area contributed by atoms with Crippen LogP contribution in [-0.4, -0.2) is 82.4 Å². The number of nitrogens with zero attached hydrogens (tertiary/aromatic N) is 5. The molecule has 11 nitrogen and oxygen atoms in total. The third-order valence-corrected chi connectivity index (χ3v) is 10.4. The van der Waals surface area contributed by atoms with Crippen LogP contribution < -0.4 is 20.7 Å². The Labute approximate surface area is 306 Å². The summed E-state index contributed by atoms with van der Waals surface area (Å²) in [5.41, 5.74) is 4.00. The number of pyridine rings is 3. The normalized spacial score (nSPS) is 16.5. The zero-order valence-corrected chi connectivity index (χ0v) is 30.3. The van der Waals surface area contributed by atoms with Crippen LogP contribution in [0.2, 0.25) is 10.0 Å². The first-order chi connectivity index (χ1) is 24.6. The lowest BCUT2D eigenvalue weighted by atomic mass is 10.0. The zero-order chi connectivity index (χ0) is 36.1. The van der Waals surface area contributed by atoms with Crippen LogP contribution in [0.5, 0.6) is 5.88 Å². The molecule has 2 fully saturated rings. The molecule has 0 bridgehead atoms. The van der Waals surface area contributed by atoms with Crippen molar-refractivity contribution in [2.45, 2.75) is 57.8 Å². The number of likely N-dealkylation sites (tertiary alicyclic amines) is 2. The lowest BCUT2D eigenvalue weighted by Crippen LogP contribution is -2.44. The van der Waals surface area contributed by atoms with Crippen molar-refractivity contribution in [3.05, 3.63) is 81.8 Å². The van der Waals surface area contributed by atoms with Crippen molar-refractivity contribution in [2.75, 3.05) is 39.1 Å². The number of nitrogens with one attached hydrogen (secondary N) is 3. The summed E-state index contributed by atoms with van der Waals surface area (Å²) in [4.78, 5) is 40.7. The van der Waals surface area contributed by atoms with Gasteiger partial charge in [0, 0.05) is 99.8 Å². The standard InChI is InChI=1S/C37H41Cl2FN8O3/c1-22(49)48-17-13-25(14-18-48)44-20-23-11-15-43-36(34(23)40)45-30-6-4-5-28(32(30)38)35-33(39)27(12-16-42-35)29-9-7-24(37(46-29)51-3)19-41-21-26-8-10-31(50)47(26)2/h4-7,9,11-12,15-16,25-26,41,44H,8,10,13-14,17-21H2,1-3H3,(H,43,45). The molecular weight excluding hydrogens is 694 g/mol. The molecule has 2 aliphatic heterocycles. The van der Waals surface area contributed by atoms with Crippen LogP contribution in [0.15, 0.2) is 54.9 Å². The summed E-state index contributed by atoms with van der Waals surface area (Å²) in [5, 5.41) is 10.5. The summed E-state index contributed by atoms with van der Waals surface area (Å²) < 4.78 is 21.3. The molecule has 1 unspecified atom stereocenters. The molecule has 51 heavy (non-hydrogen) atoms. The molecule has 2 saturated heterocycles. The number of rotatable bonds is 12. The Bertz CT molecular complexity index is 1910. The van der Waals surface area contributed by atoms with E-state index in [4.69, 9.17) is 32.9 Å². The van der Waals surface area contributed by atoms with E-state index in [9.17, 15) is 9.59 Å². The Hall–Kier alpha value is -4.36. The third kappa shape index (κ3) is 8.25. The molecule has 2 amide bonds. The van der Waals surface area contributed by atoms with E-state index < -0.39 is 5.82 Å². The number of benzene rings is 1. The van der Waals surface area contributed by atoms with Gasteiger partial charge in [0.1, 0.15) is 0 Å². The fourth-order valence-corrected chi connectivity index (χ4v) is 7.11. The van der Waals surface area contributed by atoms with Gasteiger partial charge in [0.15, 0.2) is 11.6 Å². The molecule has 1 aromatic carbocycles. The number of amides is 2. The summed E-state index contributed by atoms with van der Waals surface area (Å²) in [7, 11) is 3.41. The lowest BCUT2D eigenvalue weighted by Gasteiger charge is -2.31. The Morgan fingerprint density at radius 2 is 1.76 bits per heavy atom. The Kier molecular flexibility index (Phi) is 11.7. The van der Waals surface area contributed by atoms with Crippen LogP contribution >= 0.6 is 23.2 Å². The maximum atomic E-state index is 15.7. The van der Waals surface area contributed by atoms with E-state index in [0.29, 0.717) is 88.8 Å². The van der Waals surface area contributed by atoms with Gasteiger partial charge >= 0.3 is 0 Å². The van der Waals surface area contributed by atoms with Crippen LogP contribution in [0, 0.1) is 5.82 Å². The molecule has 0 spiro atoms. The maximum absolute atomic E-state index is 15.7. The molecule has 1 atom stereocenters. The average Bonchev–Trinajstić information content (AvgIpc) is 3.46. The smallest absolute Gasteiger partial charge is 0.222 e. The minimum atomic E-state index is -0.481. The van der Waals surface area contributed by atoms with E-state index in [2.05, 4.69) is 25.9 Å². The molecule has 0 aliphatic carbocycles. The van der Waals surface area contributed by atoms with Crippen LogP contribution in [0.1, 0.15) is 43.7 Å². The van der Waals surface area contributed by atoms with Gasteiger partial charge in [-0.2, -0.15) is 0 Å². The summed E-state index contributed by atoms with van der Waals surface area (Å²) in [6, 6.07) is 12.9. The Morgan fingerprint density at radius 3 is 2.49 bits per heavy atom. The quantitative estimate of drug-likeness (QED) is 0.156. The molecule has 4 aromatic rings. The van der Waals surface area contributed by atoms with Crippen LogP contribution in [0.3, 0.4) is 0 Å². The van der Waals surface area contributed by atoms with Gasteiger partial charge in [-0.15, -0.1) is 0 Å². The number of anilines is 2. The summed E-state index contributed by atoms with van der Waals surface area (Å²) in [5.74, 6) is 0.269. The summed E-state index contributed by atoms with van der Waals surface area (Å²) >= 11 is 13.9. The van der Waals surface area contributed by atoms with Crippen molar-refractivity contribution in [1.82, 2.24) is 35.4 Å². The van der Waals surface area contributed by atoms with Gasteiger partial charge < -0.3 is 30.5 Å². The molecule has 268 valence electrons. The van der Waals surface area contributed by atoms with E-state index in [1.54, 1.807) is 61.7 Å². The predicted octanol–water partition coefficient (Wildman–Crippen LogP) is 6.21. The minimum Gasteiger partial charge on any atom is -0.481 e. The highest BCUT2D eigenvalue weighted by atomic mass is 35.5.